The Labute approximate surface area is 97.6 Å². The van der Waals surface area contributed by atoms with Crippen LogP contribution < -0.4 is 5.73 Å². The van der Waals surface area contributed by atoms with Crippen LogP contribution in [0.3, 0.4) is 0 Å². The molecular weight excluding hydrogens is 202 g/mol. The van der Waals surface area contributed by atoms with E-state index < -0.39 is 0 Å². The van der Waals surface area contributed by atoms with Crippen molar-refractivity contribution in [1.82, 2.24) is 0 Å². The Hall–Kier alpha value is -0.900. The van der Waals surface area contributed by atoms with Gasteiger partial charge in [0, 0.05) is 13.2 Å². The van der Waals surface area contributed by atoms with Crippen LogP contribution in [0.2, 0.25) is 0 Å². The predicted molar refractivity (Wildman–Crippen MR) is 65.2 cm³/mol. The van der Waals surface area contributed by atoms with Crippen molar-refractivity contribution in [2.45, 2.75) is 26.1 Å². The molecule has 0 heterocycles. The molecule has 3 nitrogen and oxygen atoms in total. The fraction of sp³-hybridized carbons (Fsp3) is 0.538. The van der Waals surface area contributed by atoms with E-state index >= 15 is 0 Å². The van der Waals surface area contributed by atoms with Crippen LogP contribution >= 0.6 is 0 Å². The summed E-state index contributed by atoms with van der Waals surface area (Å²) in [4.78, 5) is 0. The van der Waals surface area contributed by atoms with E-state index in [9.17, 15) is 0 Å². The lowest BCUT2D eigenvalue weighted by Gasteiger charge is -2.27. The third-order valence-corrected chi connectivity index (χ3v) is 2.44. The van der Waals surface area contributed by atoms with Crippen molar-refractivity contribution in [3.05, 3.63) is 35.9 Å². The van der Waals surface area contributed by atoms with E-state index in [0.29, 0.717) is 26.4 Å². The summed E-state index contributed by atoms with van der Waals surface area (Å²) in [6.07, 6.45) is 0. The van der Waals surface area contributed by atoms with Gasteiger partial charge in [-0.05, 0) is 19.4 Å². The van der Waals surface area contributed by atoms with Gasteiger partial charge in [-0.2, -0.15) is 0 Å². The molecule has 0 aliphatic rings. The Morgan fingerprint density at radius 1 is 1.25 bits per heavy atom. The van der Waals surface area contributed by atoms with Crippen LogP contribution in [0.4, 0.5) is 0 Å². The summed E-state index contributed by atoms with van der Waals surface area (Å²) < 4.78 is 11.2. The number of hydrogen-bond donors (Lipinski definition) is 1. The van der Waals surface area contributed by atoms with Gasteiger partial charge in [0.25, 0.3) is 0 Å². The van der Waals surface area contributed by atoms with E-state index in [-0.39, 0.29) is 5.60 Å². The van der Waals surface area contributed by atoms with Crippen LogP contribution in [-0.4, -0.2) is 25.4 Å². The van der Waals surface area contributed by atoms with Crippen molar-refractivity contribution in [1.29, 1.82) is 0 Å². The topological polar surface area (TPSA) is 44.5 Å². The second kappa shape index (κ2) is 6.63. The highest BCUT2D eigenvalue weighted by atomic mass is 16.5. The van der Waals surface area contributed by atoms with Crippen LogP contribution in [0.1, 0.15) is 19.4 Å². The van der Waals surface area contributed by atoms with Gasteiger partial charge >= 0.3 is 0 Å². The molecule has 0 amide bonds. The molecule has 1 aromatic carbocycles. The lowest BCUT2D eigenvalue weighted by molar-refractivity contribution is -0.0801. The fourth-order valence-electron chi connectivity index (χ4n) is 1.47. The van der Waals surface area contributed by atoms with Crippen LogP contribution in [0, 0.1) is 0 Å². The first-order valence-electron chi connectivity index (χ1n) is 5.66. The Kier molecular flexibility index (Phi) is 5.46. The van der Waals surface area contributed by atoms with Crippen LogP contribution in [0.5, 0.6) is 0 Å². The van der Waals surface area contributed by atoms with E-state index in [1.54, 1.807) is 0 Å². The van der Waals surface area contributed by atoms with Gasteiger partial charge in [-0.1, -0.05) is 30.3 Å². The molecule has 3 heteroatoms. The maximum Gasteiger partial charge on any atom is 0.101 e. The summed E-state index contributed by atoms with van der Waals surface area (Å²) in [5.74, 6) is 0. The second-order valence-corrected chi connectivity index (χ2v) is 4.07. The molecule has 0 saturated heterocycles. The molecule has 0 aliphatic carbocycles. The molecule has 0 aromatic heterocycles. The van der Waals surface area contributed by atoms with Crippen molar-refractivity contribution in [2.24, 2.45) is 5.73 Å². The van der Waals surface area contributed by atoms with Crippen LogP contribution in [0.25, 0.3) is 0 Å². The number of ether oxygens (including phenoxy) is 2. The zero-order valence-electron chi connectivity index (χ0n) is 10.1. The third-order valence-electron chi connectivity index (χ3n) is 2.44. The summed E-state index contributed by atoms with van der Waals surface area (Å²) in [5, 5.41) is 0. The molecule has 16 heavy (non-hydrogen) atoms. The minimum absolute atomic E-state index is 0.371. The number of hydrogen-bond acceptors (Lipinski definition) is 3. The van der Waals surface area contributed by atoms with Gasteiger partial charge in [-0.15, -0.1) is 0 Å². The fourth-order valence-corrected chi connectivity index (χ4v) is 1.47. The first-order chi connectivity index (χ1) is 7.70. The van der Waals surface area contributed by atoms with Gasteiger partial charge in [-0.25, -0.2) is 0 Å². The second-order valence-electron chi connectivity index (χ2n) is 4.07. The molecule has 0 bridgehead atoms. The Morgan fingerprint density at radius 2 is 1.94 bits per heavy atom. The van der Waals surface area contributed by atoms with E-state index in [1.165, 1.54) is 5.56 Å². The summed E-state index contributed by atoms with van der Waals surface area (Å²) >= 11 is 0. The highest BCUT2D eigenvalue weighted by Gasteiger charge is 2.22. The summed E-state index contributed by atoms with van der Waals surface area (Å²) in [5.41, 5.74) is 6.46. The zero-order valence-corrected chi connectivity index (χ0v) is 10.1. The van der Waals surface area contributed by atoms with Crippen molar-refractivity contribution in [3.63, 3.8) is 0 Å². The largest absolute Gasteiger partial charge is 0.374 e. The molecule has 0 fully saturated rings. The Bertz CT molecular complexity index is 289. The first kappa shape index (κ1) is 13.2. The predicted octanol–water partition coefficient (Wildman–Crippen LogP) is 1.96. The summed E-state index contributed by atoms with van der Waals surface area (Å²) in [6.45, 7) is 6.18. The lowest BCUT2D eigenvalue weighted by Crippen LogP contribution is -2.42. The van der Waals surface area contributed by atoms with E-state index in [0.717, 1.165) is 0 Å². The van der Waals surface area contributed by atoms with Gasteiger partial charge in [0.15, 0.2) is 0 Å². The Balaban J connectivity index is 2.34. The minimum atomic E-state index is -0.371. The molecule has 1 atom stereocenters. The van der Waals surface area contributed by atoms with E-state index in [4.69, 9.17) is 15.2 Å². The maximum absolute atomic E-state index is 5.67. The number of benzene rings is 1. The first-order valence-corrected chi connectivity index (χ1v) is 5.66. The highest BCUT2D eigenvalue weighted by Crippen LogP contribution is 2.10. The zero-order chi connectivity index (χ0) is 11.9. The van der Waals surface area contributed by atoms with Crippen LogP contribution in [-0.2, 0) is 16.1 Å². The molecule has 1 aromatic rings. The summed E-state index contributed by atoms with van der Waals surface area (Å²) in [6, 6.07) is 10.1. The van der Waals surface area contributed by atoms with Gasteiger partial charge in [-0.3, -0.25) is 0 Å². The third kappa shape index (κ3) is 4.31. The molecular formula is C13H21NO2. The van der Waals surface area contributed by atoms with Gasteiger partial charge in [0.05, 0.1) is 13.2 Å². The molecule has 0 aliphatic heterocycles. The lowest BCUT2D eigenvalue weighted by atomic mass is 10.1. The Morgan fingerprint density at radius 3 is 2.50 bits per heavy atom. The highest BCUT2D eigenvalue weighted by molar-refractivity contribution is 5.13. The maximum atomic E-state index is 5.67. The molecule has 1 unspecified atom stereocenters. The molecule has 2 N–H and O–H groups in total. The van der Waals surface area contributed by atoms with Crippen molar-refractivity contribution in [2.75, 3.05) is 19.8 Å². The van der Waals surface area contributed by atoms with Gasteiger partial charge in [0.2, 0.25) is 0 Å². The standard InChI is InChI=1S/C13H21NO2/c1-3-16-13(2,10-14)11-15-9-12-7-5-4-6-8-12/h4-8H,3,9-11,14H2,1-2H3. The molecule has 0 spiro atoms. The normalized spacial score (nSPS) is 14.7. The number of nitrogens with two attached hydrogens (primary N) is 1. The average Bonchev–Trinajstić information content (AvgIpc) is 2.31. The minimum Gasteiger partial charge on any atom is -0.374 e. The molecule has 0 radical (unpaired) electrons. The molecule has 90 valence electrons. The molecule has 1 rings (SSSR count). The molecule has 0 saturated carbocycles. The van der Waals surface area contributed by atoms with Crippen molar-refractivity contribution in [3.8, 4) is 0 Å². The monoisotopic (exact) mass is 223 g/mol. The van der Waals surface area contributed by atoms with Crippen molar-refractivity contribution < 1.29 is 9.47 Å². The van der Waals surface area contributed by atoms with Crippen molar-refractivity contribution >= 4 is 0 Å². The van der Waals surface area contributed by atoms with E-state index in [1.807, 2.05) is 44.2 Å². The van der Waals surface area contributed by atoms with Gasteiger partial charge < -0.3 is 15.2 Å². The van der Waals surface area contributed by atoms with Crippen LogP contribution in [0.15, 0.2) is 30.3 Å². The van der Waals surface area contributed by atoms with Gasteiger partial charge in [0.1, 0.15) is 5.60 Å². The smallest absolute Gasteiger partial charge is 0.101 e. The average molecular weight is 223 g/mol. The van der Waals surface area contributed by atoms with E-state index in [2.05, 4.69) is 0 Å². The quantitative estimate of drug-likeness (QED) is 0.768. The summed E-state index contributed by atoms with van der Waals surface area (Å²) in [7, 11) is 0. The number of rotatable bonds is 7. The SMILES string of the molecule is CCOC(C)(CN)COCc1ccccc1.